The maximum Gasteiger partial charge on any atom is 0.211 e. The molecule has 0 radical (unpaired) electrons. The first-order chi connectivity index (χ1) is 7.27. The van der Waals surface area contributed by atoms with E-state index in [1.807, 2.05) is 12.1 Å². The summed E-state index contributed by atoms with van der Waals surface area (Å²) in [5.74, 6) is 1.99. The molecule has 3 rings (SSSR count). The van der Waals surface area contributed by atoms with Crippen molar-refractivity contribution in [3.63, 3.8) is 0 Å². The van der Waals surface area contributed by atoms with Gasteiger partial charge in [-0.15, -0.1) is 0 Å². The normalized spacial score (nSPS) is 10.4. The lowest BCUT2D eigenvalue weighted by atomic mass is 10.3. The Bertz CT molecular complexity index is 452. The molecule has 0 aromatic heterocycles. The molecule has 1 aliphatic heterocycles. The van der Waals surface area contributed by atoms with Crippen LogP contribution in [0.25, 0.3) is 0 Å². The molecule has 0 aliphatic carbocycles. The number of hydrogen-bond donors (Lipinski definition) is 2. The van der Waals surface area contributed by atoms with Crippen LogP contribution >= 0.6 is 0 Å². The Kier molecular flexibility index (Phi) is 2.46. The molecule has 3 heteroatoms. The summed E-state index contributed by atoms with van der Waals surface area (Å²) in [4.78, 5) is 0. The van der Waals surface area contributed by atoms with Crippen molar-refractivity contribution in [3.8, 4) is 23.0 Å². The molecule has 0 unspecified atom stereocenters. The number of aromatic hydroxyl groups is 2. The molecule has 2 aromatic rings. The third-order valence-corrected chi connectivity index (χ3v) is 1.88. The largest absolute Gasteiger partial charge is 0.508 e. The Morgan fingerprint density at radius 3 is 2.00 bits per heavy atom. The van der Waals surface area contributed by atoms with E-state index < -0.39 is 0 Å². The number of fused-ring (bicyclic) bond motifs is 1. The average molecular weight is 202 g/mol. The van der Waals surface area contributed by atoms with Gasteiger partial charge in [0.25, 0.3) is 0 Å². The number of phenolic OH excluding ortho intramolecular Hbond substituents is 2. The lowest BCUT2D eigenvalue weighted by molar-refractivity contribution is 0.463. The van der Waals surface area contributed by atoms with E-state index in [1.165, 1.54) is 0 Å². The zero-order valence-corrected chi connectivity index (χ0v) is 7.92. The minimum atomic E-state index is 0.238. The second kappa shape index (κ2) is 3.92. The second-order valence-electron chi connectivity index (χ2n) is 3.04. The molecule has 15 heavy (non-hydrogen) atoms. The van der Waals surface area contributed by atoms with E-state index in [1.54, 1.807) is 36.4 Å². The van der Waals surface area contributed by atoms with Crippen LogP contribution < -0.4 is 4.74 Å². The number of para-hydroxylation sites is 2. The van der Waals surface area contributed by atoms with Gasteiger partial charge < -0.3 is 14.9 Å². The number of ether oxygens (including phenoxy) is 1. The van der Waals surface area contributed by atoms with Gasteiger partial charge in [0.15, 0.2) is 11.5 Å². The first-order valence-electron chi connectivity index (χ1n) is 4.51. The standard InChI is InChI=1S/C6H4O2.C6H6O/c7-4-2-1-3-5-6(4)8-5;7-6-4-2-1-3-5-6/h1-3,7H;1-5,7H. The van der Waals surface area contributed by atoms with E-state index in [-0.39, 0.29) is 5.75 Å². The van der Waals surface area contributed by atoms with E-state index in [0.29, 0.717) is 11.5 Å². The highest BCUT2D eigenvalue weighted by Crippen LogP contribution is 2.51. The van der Waals surface area contributed by atoms with E-state index in [0.717, 1.165) is 5.75 Å². The van der Waals surface area contributed by atoms with Crippen molar-refractivity contribution >= 4 is 0 Å². The summed E-state index contributed by atoms with van der Waals surface area (Å²) in [6.07, 6.45) is 0. The van der Waals surface area contributed by atoms with Gasteiger partial charge in [0, 0.05) is 0 Å². The Balaban J connectivity index is 0.000000115. The van der Waals surface area contributed by atoms with Crippen LogP contribution in [0.4, 0.5) is 0 Å². The molecule has 3 nitrogen and oxygen atoms in total. The van der Waals surface area contributed by atoms with Crippen LogP contribution in [0.1, 0.15) is 0 Å². The van der Waals surface area contributed by atoms with Crippen molar-refractivity contribution in [2.75, 3.05) is 0 Å². The summed E-state index contributed by atoms with van der Waals surface area (Å²) in [5, 5.41) is 17.5. The summed E-state index contributed by atoms with van der Waals surface area (Å²) < 4.78 is 4.82. The molecular formula is C12H10O3. The van der Waals surface area contributed by atoms with Crippen LogP contribution in [0.5, 0.6) is 23.0 Å². The number of phenols is 2. The second-order valence-corrected chi connectivity index (χ2v) is 3.04. The minimum Gasteiger partial charge on any atom is -0.508 e. The van der Waals surface area contributed by atoms with Gasteiger partial charge in [-0.3, -0.25) is 0 Å². The van der Waals surface area contributed by atoms with Crippen molar-refractivity contribution in [2.45, 2.75) is 0 Å². The summed E-state index contributed by atoms with van der Waals surface area (Å²) in [6, 6.07) is 13.9. The molecule has 2 N–H and O–H groups in total. The number of rotatable bonds is 0. The molecule has 0 amide bonds. The lowest BCUT2D eigenvalue weighted by Gasteiger charge is -1.82. The zero-order chi connectivity index (χ0) is 10.7. The minimum absolute atomic E-state index is 0.238. The molecule has 0 spiro atoms. The van der Waals surface area contributed by atoms with Crippen LogP contribution in [0.3, 0.4) is 0 Å². The van der Waals surface area contributed by atoms with Gasteiger partial charge in [0.2, 0.25) is 5.75 Å². The molecule has 0 bridgehead atoms. The third kappa shape index (κ3) is 2.40. The van der Waals surface area contributed by atoms with Crippen LogP contribution in [0.15, 0.2) is 48.5 Å². The monoisotopic (exact) mass is 202 g/mol. The first kappa shape index (κ1) is 9.40. The van der Waals surface area contributed by atoms with Gasteiger partial charge in [0.1, 0.15) is 5.75 Å². The number of hydrogen-bond acceptors (Lipinski definition) is 3. The van der Waals surface area contributed by atoms with Gasteiger partial charge in [0.05, 0.1) is 0 Å². The fourth-order valence-corrected chi connectivity index (χ4v) is 1.10. The molecule has 1 aliphatic rings. The highest BCUT2D eigenvalue weighted by molar-refractivity contribution is 5.62. The first-order valence-corrected chi connectivity index (χ1v) is 4.51. The van der Waals surface area contributed by atoms with Crippen LogP contribution in [-0.2, 0) is 0 Å². The highest BCUT2D eigenvalue weighted by Gasteiger charge is 2.22. The van der Waals surface area contributed by atoms with Crippen LogP contribution in [-0.4, -0.2) is 10.2 Å². The van der Waals surface area contributed by atoms with Gasteiger partial charge in [-0.1, -0.05) is 24.3 Å². The predicted molar refractivity (Wildman–Crippen MR) is 56.3 cm³/mol. The topological polar surface area (TPSA) is 53.0 Å². The molecule has 2 aromatic carbocycles. The Hall–Kier alpha value is -2.16. The summed E-state index contributed by atoms with van der Waals surface area (Å²) in [7, 11) is 0. The summed E-state index contributed by atoms with van der Waals surface area (Å²) in [5.41, 5.74) is 0. The van der Waals surface area contributed by atoms with Crippen molar-refractivity contribution in [1.29, 1.82) is 0 Å². The molecule has 1 heterocycles. The van der Waals surface area contributed by atoms with Gasteiger partial charge in [-0.05, 0) is 24.3 Å². The maximum atomic E-state index is 8.85. The Labute approximate surface area is 87.2 Å². The lowest BCUT2D eigenvalue weighted by Crippen LogP contribution is -1.56. The summed E-state index contributed by atoms with van der Waals surface area (Å²) in [6.45, 7) is 0. The highest BCUT2D eigenvalue weighted by atomic mass is 16.6. The van der Waals surface area contributed by atoms with Crippen molar-refractivity contribution in [2.24, 2.45) is 0 Å². The molecule has 76 valence electrons. The van der Waals surface area contributed by atoms with Crippen molar-refractivity contribution in [3.05, 3.63) is 48.5 Å². The molecular weight excluding hydrogens is 192 g/mol. The zero-order valence-electron chi connectivity index (χ0n) is 7.92. The van der Waals surface area contributed by atoms with Crippen LogP contribution in [0, 0.1) is 0 Å². The molecule has 0 fully saturated rings. The molecule has 0 atom stereocenters. The SMILES string of the molecule is Oc1cccc2c1O2.Oc1ccccc1. The van der Waals surface area contributed by atoms with E-state index >= 15 is 0 Å². The van der Waals surface area contributed by atoms with Gasteiger partial charge in [-0.25, -0.2) is 0 Å². The maximum absolute atomic E-state index is 8.85. The Morgan fingerprint density at radius 1 is 0.800 bits per heavy atom. The van der Waals surface area contributed by atoms with E-state index in [2.05, 4.69) is 0 Å². The third-order valence-electron chi connectivity index (χ3n) is 1.88. The fraction of sp³-hybridized carbons (Fsp3) is 0. The molecule has 0 saturated heterocycles. The van der Waals surface area contributed by atoms with Crippen LogP contribution in [0.2, 0.25) is 0 Å². The predicted octanol–water partition coefficient (Wildman–Crippen LogP) is 2.89. The average Bonchev–Trinajstić information content (AvgIpc) is 3.00. The van der Waals surface area contributed by atoms with Crippen molar-refractivity contribution < 1.29 is 14.9 Å². The fourth-order valence-electron chi connectivity index (χ4n) is 1.10. The Morgan fingerprint density at radius 2 is 1.53 bits per heavy atom. The van der Waals surface area contributed by atoms with E-state index in [4.69, 9.17) is 14.9 Å². The van der Waals surface area contributed by atoms with Gasteiger partial charge >= 0.3 is 0 Å². The number of benzene rings is 2. The molecule has 0 saturated carbocycles. The van der Waals surface area contributed by atoms with Gasteiger partial charge in [-0.2, -0.15) is 0 Å². The van der Waals surface area contributed by atoms with E-state index in [9.17, 15) is 0 Å². The smallest absolute Gasteiger partial charge is 0.211 e. The summed E-state index contributed by atoms with van der Waals surface area (Å²) >= 11 is 0. The van der Waals surface area contributed by atoms with Crippen molar-refractivity contribution in [1.82, 2.24) is 0 Å². The quantitative estimate of drug-likeness (QED) is 0.551.